The summed E-state index contributed by atoms with van der Waals surface area (Å²) in [6, 6.07) is 46.0. The Balaban J connectivity index is 1.46. The minimum Gasteiger partial charge on any atom is -0.268 e. The van der Waals surface area contributed by atoms with Gasteiger partial charge in [-0.3, -0.25) is 9.69 Å². The van der Waals surface area contributed by atoms with Crippen LogP contribution in [0.4, 0.5) is 5.69 Å². The average molecular weight is 423 g/mol. The molecule has 0 saturated carbocycles. The Morgan fingerprint density at radius 1 is 0.485 bits per heavy atom. The van der Waals surface area contributed by atoms with Gasteiger partial charge >= 0.3 is 0 Å². The van der Waals surface area contributed by atoms with Gasteiger partial charge in [0.25, 0.3) is 0 Å². The molecule has 1 unspecified atom stereocenters. The largest absolute Gasteiger partial charge is 0.268 e. The maximum absolute atomic E-state index is 2.46. The minimum absolute atomic E-state index is 0.157. The van der Waals surface area contributed by atoms with Crippen molar-refractivity contribution in [2.45, 2.75) is 6.04 Å². The molecule has 1 aliphatic rings. The quantitative estimate of drug-likeness (QED) is 0.282. The van der Waals surface area contributed by atoms with E-state index in [9.17, 15) is 0 Å². The number of hydrogen-bond acceptors (Lipinski definition) is 1. The third-order valence-corrected chi connectivity index (χ3v) is 6.80. The highest BCUT2D eigenvalue weighted by Gasteiger charge is 2.38. The lowest BCUT2D eigenvalue weighted by Crippen LogP contribution is -2.42. The molecule has 6 aromatic rings. The van der Waals surface area contributed by atoms with Gasteiger partial charge in [0.15, 0.2) is 0 Å². The number of fused-ring (bicyclic) bond motifs is 4. The second-order valence-corrected chi connectivity index (χ2v) is 8.64. The number of para-hydroxylation sites is 3. The van der Waals surface area contributed by atoms with Crippen LogP contribution in [0.5, 0.6) is 0 Å². The van der Waals surface area contributed by atoms with Gasteiger partial charge in [-0.15, -0.1) is 0 Å². The minimum atomic E-state index is 0.157. The summed E-state index contributed by atoms with van der Waals surface area (Å²) in [5.41, 5.74) is 8.89. The lowest BCUT2D eigenvalue weighted by atomic mass is 9.88. The molecule has 2 nitrogen and oxygen atoms in total. The molecule has 1 aromatic heterocycles. The van der Waals surface area contributed by atoms with Crippen molar-refractivity contribution in [3.05, 3.63) is 139 Å². The molecule has 0 fully saturated rings. The van der Waals surface area contributed by atoms with Gasteiger partial charge in [0.05, 0.1) is 16.7 Å². The van der Waals surface area contributed by atoms with Crippen LogP contribution in [0.15, 0.2) is 127 Å². The molecule has 5 aromatic carbocycles. The predicted molar refractivity (Wildman–Crippen MR) is 137 cm³/mol. The lowest BCUT2D eigenvalue weighted by Gasteiger charge is -2.46. The molecule has 0 saturated heterocycles. The van der Waals surface area contributed by atoms with Gasteiger partial charge in [-0.25, -0.2) is 0 Å². The topological polar surface area (TPSA) is 8.17 Å². The highest BCUT2D eigenvalue weighted by atomic mass is 15.6. The molecule has 156 valence electrons. The monoisotopic (exact) mass is 422 g/mol. The highest BCUT2D eigenvalue weighted by molar-refractivity contribution is 6.08. The van der Waals surface area contributed by atoms with Gasteiger partial charge in [0.1, 0.15) is 6.04 Å². The van der Waals surface area contributed by atoms with Crippen molar-refractivity contribution in [3.63, 3.8) is 0 Å². The van der Waals surface area contributed by atoms with Gasteiger partial charge in [-0.1, -0.05) is 103 Å². The van der Waals surface area contributed by atoms with Gasteiger partial charge < -0.3 is 0 Å². The zero-order valence-corrected chi connectivity index (χ0v) is 18.1. The Morgan fingerprint density at radius 2 is 1.09 bits per heavy atom. The van der Waals surface area contributed by atoms with E-state index in [1.807, 2.05) is 0 Å². The molecule has 0 spiro atoms. The zero-order valence-electron chi connectivity index (χ0n) is 18.1. The average Bonchev–Trinajstić information content (AvgIpc) is 3.20. The summed E-state index contributed by atoms with van der Waals surface area (Å²) in [6.07, 6.45) is 0. The molecule has 0 aliphatic carbocycles. The molecule has 2 heteroatoms. The standard InChI is InChI=1S/C31H22N2/c1-2-11-22(12-3-1)23-13-10-14-24(21-23)31-27-17-6-9-20-30(27)33(31)32-28-18-7-4-15-25(28)26-16-5-8-19-29(26)32/h1-21,31H. The van der Waals surface area contributed by atoms with E-state index in [0.717, 1.165) is 0 Å². The molecule has 33 heavy (non-hydrogen) atoms. The van der Waals surface area contributed by atoms with Crippen molar-refractivity contribution >= 4 is 27.5 Å². The molecule has 0 N–H and O–H groups in total. The maximum atomic E-state index is 2.46. The molecule has 0 radical (unpaired) electrons. The third-order valence-electron chi connectivity index (χ3n) is 6.80. The second kappa shape index (κ2) is 7.11. The fraction of sp³-hybridized carbons (Fsp3) is 0.0323. The fourth-order valence-corrected chi connectivity index (χ4v) is 5.33. The van der Waals surface area contributed by atoms with E-state index in [1.165, 1.54) is 49.7 Å². The fourth-order valence-electron chi connectivity index (χ4n) is 5.33. The van der Waals surface area contributed by atoms with E-state index in [2.05, 4.69) is 137 Å². The van der Waals surface area contributed by atoms with Crippen LogP contribution in [0.3, 0.4) is 0 Å². The first-order valence-electron chi connectivity index (χ1n) is 11.4. The van der Waals surface area contributed by atoms with E-state index in [1.54, 1.807) is 0 Å². The molecular formula is C31H22N2. The molecule has 0 bridgehead atoms. The van der Waals surface area contributed by atoms with E-state index in [4.69, 9.17) is 0 Å². The summed E-state index contributed by atoms with van der Waals surface area (Å²) < 4.78 is 2.41. The van der Waals surface area contributed by atoms with Crippen LogP contribution >= 0.6 is 0 Å². The normalized spacial score (nSPS) is 14.9. The number of nitrogens with zero attached hydrogens (tertiary/aromatic N) is 2. The summed E-state index contributed by atoms with van der Waals surface area (Å²) in [5.74, 6) is 0. The molecule has 2 heterocycles. The summed E-state index contributed by atoms with van der Waals surface area (Å²) in [7, 11) is 0. The van der Waals surface area contributed by atoms with Crippen molar-refractivity contribution in [2.24, 2.45) is 0 Å². The van der Waals surface area contributed by atoms with Crippen molar-refractivity contribution in [1.82, 2.24) is 4.68 Å². The van der Waals surface area contributed by atoms with Gasteiger partial charge in [0, 0.05) is 16.3 Å². The van der Waals surface area contributed by atoms with E-state index < -0.39 is 0 Å². The Morgan fingerprint density at radius 3 is 1.85 bits per heavy atom. The van der Waals surface area contributed by atoms with Crippen molar-refractivity contribution < 1.29 is 0 Å². The summed E-state index contributed by atoms with van der Waals surface area (Å²) in [6.45, 7) is 0. The van der Waals surface area contributed by atoms with Crippen molar-refractivity contribution in [1.29, 1.82) is 0 Å². The van der Waals surface area contributed by atoms with Crippen LogP contribution in [0.1, 0.15) is 17.2 Å². The Hall–Kier alpha value is -4.30. The van der Waals surface area contributed by atoms with E-state index in [0.29, 0.717) is 0 Å². The van der Waals surface area contributed by atoms with Crippen LogP contribution in [0.2, 0.25) is 0 Å². The maximum Gasteiger partial charge on any atom is 0.103 e. The smallest absolute Gasteiger partial charge is 0.103 e. The third kappa shape index (κ3) is 2.68. The van der Waals surface area contributed by atoms with Crippen LogP contribution < -0.4 is 5.01 Å². The zero-order chi connectivity index (χ0) is 21.8. The van der Waals surface area contributed by atoms with Crippen LogP contribution in [0.25, 0.3) is 32.9 Å². The van der Waals surface area contributed by atoms with Gasteiger partial charge in [-0.2, -0.15) is 0 Å². The highest BCUT2D eigenvalue weighted by Crippen LogP contribution is 2.49. The molecule has 0 amide bonds. The van der Waals surface area contributed by atoms with Gasteiger partial charge in [0.2, 0.25) is 0 Å². The van der Waals surface area contributed by atoms with E-state index in [-0.39, 0.29) is 6.04 Å². The predicted octanol–water partition coefficient (Wildman–Crippen LogP) is 7.83. The molecule has 1 aliphatic heterocycles. The van der Waals surface area contributed by atoms with E-state index >= 15 is 0 Å². The Labute approximate surface area is 192 Å². The summed E-state index contributed by atoms with van der Waals surface area (Å²) in [4.78, 5) is 0. The van der Waals surface area contributed by atoms with Gasteiger partial charge in [-0.05, 0) is 41.0 Å². The lowest BCUT2D eigenvalue weighted by molar-refractivity contribution is 0.595. The SMILES string of the molecule is c1ccc(-c2cccc(C3c4ccccc4N3n3c4ccccc4c4ccccc43)c2)cc1. The van der Waals surface area contributed by atoms with Crippen molar-refractivity contribution in [3.8, 4) is 11.1 Å². The first kappa shape index (κ1) is 18.3. The summed E-state index contributed by atoms with van der Waals surface area (Å²) >= 11 is 0. The van der Waals surface area contributed by atoms with Crippen molar-refractivity contribution in [2.75, 3.05) is 5.01 Å². The molecular weight excluding hydrogens is 400 g/mol. The molecule has 7 rings (SSSR count). The first-order chi connectivity index (χ1) is 16.4. The number of rotatable bonds is 3. The van der Waals surface area contributed by atoms with Crippen LogP contribution in [-0.2, 0) is 0 Å². The Bertz CT molecular complexity index is 1570. The number of anilines is 1. The second-order valence-electron chi connectivity index (χ2n) is 8.64. The van der Waals surface area contributed by atoms with Crippen LogP contribution in [-0.4, -0.2) is 4.68 Å². The number of benzene rings is 5. The van der Waals surface area contributed by atoms with Crippen LogP contribution in [0, 0.1) is 0 Å². The molecule has 1 atom stereocenters. The number of aromatic nitrogens is 1. The summed E-state index contributed by atoms with van der Waals surface area (Å²) in [5, 5.41) is 5.04. The first-order valence-corrected chi connectivity index (χ1v) is 11.4. The number of hydrogen-bond donors (Lipinski definition) is 0. The Kier molecular flexibility index (Phi) is 3.94.